The molecule has 152 valence electrons. The first-order chi connectivity index (χ1) is 12.7. The van der Waals surface area contributed by atoms with Crippen molar-refractivity contribution in [1.82, 2.24) is 10.2 Å². The van der Waals surface area contributed by atoms with Gasteiger partial charge >= 0.3 is 12.1 Å². The second-order valence-corrected chi connectivity index (χ2v) is 6.80. The van der Waals surface area contributed by atoms with Crippen molar-refractivity contribution in [3.63, 3.8) is 0 Å². The van der Waals surface area contributed by atoms with E-state index in [-0.39, 0.29) is 5.41 Å². The lowest BCUT2D eigenvalue weighted by Crippen LogP contribution is -2.57. The number of piperidine rings is 1. The van der Waals surface area contributed by atoms with Gasteiger partial charge in [0.2, 0.25) is 0 Å². The largest absolute Gasteiger partial charge is 0.490 e. The van der Waals surface area contributed by atoms with Crippen LogP contribution in [0.15, 0.2) is 12.1 Å². The summed E-state index contributed by atoms with van der Waals surface area (Å²) < 4.78 is 43.2. The summed E-state index contributed by atoms with van der Waals surface area (Å²) >= 11 is 0. The van der Waals surface area contributed by atoms with E-state index in [2.05, 4.69) is 21.2 Å². The molecule has 3 heterocycles. The third kappa shape index (κ3) is 5.52. The molecule has 2 aliphatic heterocycles. The van der Waals surface area contributed by atoms with E-state index in [0.29, 0.717) is 6.10 Å². The number of rotatable bonds is 3. The number of halogens is 3. The SMILES string of the molecule is COCC12CCCOC1CCN(c1ccc(C)nn1)C2.O=C(O)C(F)(F)F. The minimum absolute atomic E-state index is 0.109. The summed E-state index contributed by atoms with van der Waals surface area (Å²) in [5.41, 5.74) is 1.06. The molecule has 0 amide bonds. The topological polar surface area (TPSA) is 84.8 Å². The van der Waals surface area contributed by atoms with Gasteiger partial charge in [0, 0.05) is 32.2 Å². The van der Waals surface area contributed by atoms with Gasteiger partial charge in [-0.1, -0.05) is 0 Å². The molecule has 7 nitrogen and oxygen atoms in total. The molecule has 0 saturated carbocycles. The Balaban J connectivity index is 0.000000321. The van der Waals surface area contributed by atoms with Crippen molar-refractivity contribution in [3.05, 3.63) is 17.8 Å². The molecule has 27 heavy (non-hydrogen) atoms. The number of alkyl halides is 3. The average molecular weight is 391 g/mol. The summed E-state index contributed by atoms with van der Waals surface area (Å²) in [5.74, 6) is -1.79. The van der Waals surface area contributed by atoms with Crippen LogP contribution in [0, 0.1) is 12.3 Å². The second kappa shape index (κ2) is 8.83. The smallest absolute Gasteiger partial charge is 0.475 e. The number of aliphatic carboxylic acids is 1. The van der Waals surface area contributed by atoms with E-state index < -0.39 is 12.1 Å². The van der Waals surface area contributed by atoms with Crippen LogP contribution in [0.4, 0.5) is 19.0 Å². The predicted octanol–water partition coefficient (Wildman–Crippen LogP) is 2.44. The Kier molecular flexibility index (Phi) is 6.99. The number of carboxylic acids is 1. The van der Waals surface area contributed by atoms with Gasteiger partial charge in [0.15, 0.2) is 5.82 Å². The average Bonchev–Trinajstić information content (AvgIpc) is 2.61. The van der Waals surface area contributed by atoms with E-state index in [1.165, 1.54) is 6.42 Å². The van der Waals surface area contributed by atoms with Crippen LogP contribution in [0.1, 0.15) is 25.0 Å². The minimum atomic E-state index is -5.08. The summed E-state index contributed by atoms with van der Waals surface area (Å²) in [6.45, 7) is 5.54. The van der Waals surface area contributed by atoms with E-state index >= 15 is 0 Å². The molecule has 0 radical (unpaired) electrons. The Labute approximate surface area is 155 Å². The van der Waals surface area contributed by atoms with Gasteiger partial charge in [-0.15, -0.1) is 5.10 Å². The Morgan fingerprint density at radius 1 is 1.44 bits per heavy atom. The molecule has 0 bridgehead atoms. The Morgan fingerprint density at radius 3 is 2.70 bits per heavy atom. The van der Waals surface area contributed by atoms with E-state index in [1.54, 1.807) is 7.11 Å². The van der Waals surface area contributed by atoms with Crippen molar-refractivity contribution in [3.8, 4) is 0 Å². The maximum Gasteiger partial charge on any atom is 0.490 e. The molecule has 2 unspecified atom stereocenters. The minimum Gasteiger partial charge on any atom is -0.475 e. The molecular weight excluding hydrogens is 367 g/mol. The number of ether oxygens (including phenoxy) is 2. The summed E-state index contributed by atoms with van der Waals surface area (Å²) in [6.07, 6.45) is -1.43. The number of aryl methyl sites for hydroxylation is 1. The number of anilines is 1. The Bertz CT molecular complexity index is 623. The molecule has 2 aliphatic rings. The fraction of sp³-hybridized carbons (Fsp3) is 0.706. The lowest BCUT2D eigenvalue weighted by Gasteiger charge is -2.50. The summed E-state index contributed by atoms with van der Waals surface area (Å²) in [4.78, 5) is 11.2. The number of methoxy groups -OCH3 is 1. The highest BCUT2D eigenvalue weighted by Crippen LogP contribution is 2.41. The number of carbonyl (C=O) groups is 1. The number of carboxylic acid groups (broad SMARTS) is 1. The van der Waals surface area contributed by atoms with Crippen LogP contribution in [-0.4, -0.2) is 67.0 Å². The van der Waals surface area contributed by atoms with Crippen molar-refractivity contribution >= 4 is 11.8 Å². The number of hydrogen-bond acceptors (Lipinski definition) is 6. The first kappa shape index (κ1) is 21.4. The number of fused-ring (bicyclic) bond motifs is 1. The van der Waals surface area contributed by atoms with Crippen molar-refractivity contribution in [2.45, 2.75) is 38.5 Å². The van der Waals surface area contributed by atoms with Crippen LogP contribution in [-0.2, 0) is 14.3 Å². The number of nitrogens with zero attached hydrogens (tertiary/aromatic N) is 3. The molecule has 1 N–H and O–H groups in total. The molecule has 2 saturated heterocycles. The Morgan fingerprint density at radius 2 is 2.15 bits per heavy atom. The van der Waals surface area contributed by atoms with Gasteiger partial charge in [-0.2, -0.15) is 18.3 Å². The second-order valence-electron chi connectivity index (χ2n) is 6.80. The van der Waals surface area contributed by atoms with E-state index in [4.69, 9.17) is 19.4 Å². The third-order valence-corrected chi connectivity index (χ3v) is 4.77. The highest BCUT2D eigenvalue weighted by molar-refractivity contribution is 5.73. The molecule has 0 aromatic carbocycles. The van der Waals surface area contributed by atoms with Crippen LogP contribution >= 0.6 is 0 Å². The van der Waals surface area contributed by atoms with Crippen LogP contribution in [0.2, 0.25) is 0 Å². The van der Waals surface area contributed by atoms with Gasteiger partial charge in [0.05, 0.1) is 18.4 Å². The van der Waals surface area contributed by atoms with Gasteiger partial charge in [-0.05, 0) is 38.3 Å². The van der Waals surface area contributed by atoms with Crippen molar-refractivity contribution < 1.29 is 32.5 Å². The highest BCUT2D eigenvalue weighted by atomic mass is 19.4. The fourth-order valence-electron chi connectivity index (χ4n) is 3.54. The zero-order chi connectivity index (χ0) is 20.1. The fourth-order valence-corrected chi connectivity index (χ4v) is 3.54. The molecule has 0 spiro atoms. The maximum atomic E-state index is 10.6. The third-order valence-electron chi connectivity index (χ3n) is 4.77. The van der Waals surface area contributed by atoms with Crippen molar-refractivity contribution in [2.24, 2.45) is 5.41 Å². The van der Waals surface area contributed by atoms with Crippen LogP contribution in [0.3, 0.4) is 0 Å². The van der Waals surface area contributed by atoms with Gasteiger partial charge in [0.25, 0.3) is 0 Å². The summed E-state index contributed by atoms with van der Waals surface area (Å²) in [5, 5.41) is 15.6. The lowest BCUT2D eigenvalue weighted by molar-refractivity contribution is -0.192. The van der Waals surface area contributed by atoms with Gasteiger partial charge in [-0.25, -0.2) is 4.79 Å². The maximum absolute atomic E-state index is 10.6. The molecule has 2 atom stereocenters. The molecule has 2 fully saturated rings. The van der Waals surface area contributed by atoms with Crippen molar-refractivity contribution in [2.75, 3.05) is 38.3 Å². The van der Waals surface area contributed by atoms with Crippen LogP contribution < -0.4 is 4.90 Å². The van der Waals surface area contributed by atoms with Crippen molar-refractivity contribution in [1.29, 1.82) is 0 Å². The van der Waals surface area contributed by atoms with Crippen LogP contribution in [0.25, 0.3) is 0 Å². The quantitative estimate of drug-likeness (QED) is 0.847. The number of hydrogen-bond donors (Lipinski definition) is 1. The lowest BCUT2D eigenvalue weighted by atomic mass is 9.73. The monoisotopic (exact) mass is 391 g/mol. The first-order valence-corrected chi connectivity index (χ1v) is 8.64. The zero-order valence-electron chi connectivity index (χ0n) is 15.3. The predicted molar refractivity (Wildman–Crippen MR) is 90.6 cm³/mol. The summed E-state index contributed by atoms with van der Waals surface area (Å²) in [6, 6.07) is 4.08. The number of aromatic nitrogens is 2. The highest BCUT2D eigenvalue weighted by Gasteiger charge is 2.46. The van der Waals surface area contributed by atoms with E-state index in [9.17, 15) is 13.2 Å². The molecule has 10 heteroatoms. The molecule has 1 aromatic rings. The van der Waals surface area contributed by atoms with Crippen LogP contribution in [0.5, 0.6) is 0 Å². The molecule has 1 aromatic heterocycles. The molecule has 0 aliphatic carbocycles. The van der Waals surface area contributed by atoms with Gasteiger partial charge in [0.1, 0.15) is 0 Å². The normalized spacial score (nSPS) is 25.2. The van der Waals surface area contributed by atoms with E-state index in [1.807, 2.05) is 13.0 Å². The zero-order valence-corrected chi connectivity index (χ0v) is 15.3. The van der Waals surface area contributed by atoms with Gasteiger partial charge in [-0.3, -0.25) is 0 Å². The van der Waals surface area contributed by atoms with Gasteiger partial charge < -0.3 is 19.5 Å². The first-order valence-electron chi connectivity index (χ1n) is 8.64. The Hall–Kier alpha value is -1.94. The van der Waals surface area contributed by atoms with E-state index in [0.717, 1.165) is 50.7 Å². The standard InChI is InChI=1S/C15H23N3O2.C2HF3O2/c1-12-4-5-14(17-16-12)18-8-6-13-15(10-18,11-19-2)7-3-9-20-13;3-2(4,5)1(6)7/h4-5,13H,3,6-11H2,1-2H3;(H,6,7). The molecule has 3 rings (SSSR count). The summed E-state index contributed by atoms with van der Waals surface area (Å²) in [7, 11) is 1.78. The molecular formula is C17H24F3N3O4.